The monoisotopic (exact) mass is 739 g/mol. The van der Waals surface area contributed by atoms with Gasteiger partial charge >= 0.3 is 0 Å². The van der Waals surface area contributed by atoms with Crippen LogP contribution in [0.2, 0.25) is 0 Å². The second kappa shape index (κ2) is 13.8. The Hall–Kier alpha value is -7.62. The van der Waals surface area contributed by atoms with E-state index in [0.29, 0.717) is 6.54 Å². The Balaban J connectivity index is 1.11. The number of aromatic nitrogens is 2. The van der Waals surface area contributed by atoms with Crippen LogP contribution in [0.25, 0.3) is 98.9 Å². The van der Waals surface area contributed by atoms with Crippen LogP contribution >= 0.6 is 0 Å². The van der Waals surface area contributed by atoms with Crippen molar-refractivity contribution in [3.05, 3.63) is 206 Å². The van der Waals surface area contributed by atoms with Crippen LogP contribution in [-0.2, 0) is 6.54 Å². The third-order valence-corrected chi connectivity index (χ3v) is 11.7. The Bertz CT molecular complexity index is 3410. The van der Waals surface area contributed by atoms with E-state index < -0.39 is 0 Å². The number of rotatable bonds is 7. The quantitative estimate of drug-likeness (QED) is 0.118. The molecule has 0 bridgehead atoms. The van der Waals surface area contributed by atoms with Gasteiger partial charge in [0.2, 0.25) is 0 Å². The van der Waals surface area contributed by atoms with E-state index in [0.717, 1.165) is 28.1 Å². The maximum atomic E-state index is 5.11. The Labute approximate surface area is 336 Å². The van der Waals surface area contributed by atoms with Gasteiger partial charge in [-0.2, -0.15) is 0 Å². The van der Waals surface area contributed by atoms with Crippen LogP contribution in [0.1, 0.15) is 5.56 Å². The second-order valence-corrected chi connectivity index (χ2v) is 15.1. The van der Waals surface area contributed by atoms with Gasteiger partial charge < -0.3 is 4.57 Å². The number of fused-ring (bicyclic) bond motifs is 5. The lowest BCUT2D eigenvalue weighted by molar-refractivity contribution is 0.835. The Morgan fingerprint density at radius 2 is 1.00 bits per heavy atom. The zero-order valence-electron chi connectivity index (χ0n) is 31.8. The molecule has 58 heavy (non-hydrogen) atoms. The molecule has 0 amide bonds. The number of hydrogen-bond acceptors (Lipinski definition) is 2. The first-order valence-corrected chi connectivity index (χ1v) is 19.8. The number of imidazole rings is 1. The van der Waals surface area contributed by atoms with Gasteiger partial charge in [0.15, 0.2) is 0 Å². The summed E-state index contributed by atoms with van der Waals surface area (Å²) in [5.74, 6) is 0.883. The SMILES string of the molecule is C=Nc1ccccc1-c1nc2ccccc2n1Cc1cccc(-c2ccc3c(-c4ccc5ccccc5c4)c4ccccc4c(-c4ccc5ccccc5c4)c3c2)c1. The summed E-state index contributed by atoms with van der Waals surface area (Å²) in [5, 5.41) is 9.92. The van der Waals surface area contributed by atoms with E-state index in [1.54, 1.807) is 0 Å². The summed E-state index contributed by atoms with van der Waals surface area (Å²) < 4.78 is 2.30. The van der Waals surface area contributed by atoms with Crippen LogP contribution in [0.3, 0.4) is 0 Å². The fraction of sp³-hybridized carbons (Fsp3) is 0.0182. The molecular weight excluding hydrogens is 703 g/mol. The van der Waals surface area contributed by atoms with E-state index in [-0.39, 0.29) is 0 Å². The highest BCUT2D eigenvalue weighted by atomic mass is 15.1. The lowest BCUT2D eigenvalue weighted by Crippen LogP contribution is -2.02. The molecule has 0 saturated carbocycles. The fourth-order valence-electron chi connectivity index (χ4n) is 8.94. The Morgan fingerprint density at radius 3 is 1.72 bits per heavy atom. The zero-order chi connectivity index (χ0) is 38.6. The van der Waals surface area contributed by atoms with Gasteiger partial charge in [-0.15, -0.1) is 0 Å². The van der Waals surface area contributed by atoms with Gasteiger partial charge in [0.25, 0.3) is 0 Å². The summed E-state index contributed by atoms with van der Waals surface area (Å²) in [7, 11) is 0. The van der Waals surface area contributed by atoms with Gasteiger partial charge in [0, 0.05) is 12.1 Å². The van der Waals surface area contributed by atoms with Crippen molar-refractivity contribution in [2.24, 2.45) is 4.99 Å². The fourth-order valence-corrected chi connectivity index (χ4v) is 8.94. The van der Waals surface area contributed by atoms with E-state index in [9.17, 15) is 0 Å². The molecule has 10 aromatic carbocycles. The van der Waals surface area contributed by atoms with Crippen LogP contribution in [0.15, 0.2) is 205 Å². The minimum atomic E-state index is 0.655. The van der Waals surface area contributed by atoms with Gasteiger partial charge in [-0.25, -0.2) is 4.98 Å². The molecular formula is C55H37N3. The van der Waals surface area contributed by atoms with E-state index in [1.165, 1.54) is 82.0 Å². The Morgan fingerprint density at radius 1 is 0.431 bits per heavy atom. The predicted octanol–water partition coefficient (Wildman–Crippen LogP) is 14.7. The molecule has 1 aromatic heterocycles. The average molecular weight is 740 g/mol. The van der Waals surface area contributed by atoms with Crippen molar-refractivity contribution in [3.8, 4) is 44.8 Å². The highest BCUT2D eigenvalue weighted by Crippen LogP contribution is 2.46. The van der Waals surface area contributed by atoms with Crippen LogP contribution in [-0.4, -0.2) is 16.3 Å². The molecule has 0 radical (unpaired) electrons. The van der Waals surface area contributed by atoms with Crippen molar-refractivity contribution < 1.29 is 0 Å². The maximum absolute atomic E-state index is 5.11. The molecule has 3 heteroatoms. The van der Waals surface area contributed by atoms with Crippen LogP contribution in [0, 0.1) is 0 Å². The topological polar surface area (TPSA) is 30.2 Å². The van der Waals surface area contributed by atoms with Crippen LogP contribution < -0.4 is 0 Å². The lowest BCUT2D eigenvalue weighted by Gasteiger charge is -2.19. The molecule has 0 unspecified atom stereocenters. The summed E-state index contributed by atoms with van der Waals surface area (Å²) in [6, 6.07) is 72.5. The van der Waals surface area contributed by atoms with E-state index in [4.69, 9.17) is 4.98 Å². The van der Waals surface area contributed by atoms with Gasteiger partial charge in [0.1, 0.15) is 5.82 Å². The predicted molar refractivity (Wildman–Crippen MR) is 246 cm³/mol. The highest BCUT2D eigenvalue weighted by molar-refractivity contribution is 6.22. The normalized spacial score (nSPS) is 11.6. The van der Waals surface area contributed by atoms with Gasteiger partial charge in [-0.05, 0) is 137 Å². The second-order valence-electron chi connectivity index (χ2n) is 15.1. The molecule has 0 spiro atoms. The van der Waals surface area contributed by atoms with Crippen LogP contribution in [0.4, 0.5) is 5.69 Å². The summed E-state index contributed by atoms with van der Waals surface area (Å²) >= 11 is 0. The van der Waals surface area contributed by atoms with Gasteiger partial charge in [-0.3, -0.25) is 4.99 Å². The van der Waals surface area contributed by atoms with Crippen molar-refractivity contribution in [2.45, 2.75) is 6.54 Å². The van der Waals surface area contributed by atoms with Crippen molar-refractivity contribution in [2.75, 3.05) is 0 Å². The minimum Gasteiger partial charge on any atom is -0.319 e. The Kier molecular flexibility index (Phi) is 8.04. The van der Waals surface area contributed by atoms with E-state index in [1.807, 2.05) is 24.3 Å². The van der Waals surface area contributed by atoms with Crippen LogP contribution in [0.5, 0.6) is 0 Å². The first-order valence-electron chi connectivity index (χ1n) is 19.8. The third kappa shape index (κ3) is 5.67. The van der Waals surface area contributed by atoms with Crippen molar-refractivity contribution in [1.82, 2.24) is 9.55 Å². The molecule has 0 aliphatic carbocycles. The standard InChI is InChI=1S/C55H37N3/c1-56-50-22-9-8-21-48(50)55-57-51-23-10-11-24-52(51)58(55)35-36-13-12-18-39(31-36)42-29-30-47-49(34-42)54(44-28-26-38-15-3-5-17-41(38)33-44)46-20-7-6-19-45(46)53(47)43-27-25-37-14-2-4-16-40(37)32-43/h2-34H,1,35H2. The molecule has 11 rings (SSSR count). The first-order chi connectivity index (χ1) is 28.7. The number of hydrogen-bond donors (Lipinski definition) is 0. The minimum absolute atomic E-state index is 0.655. The zero-order valence-corrected chi connectivity index (χ0v) is 31.8. The molecule has 1 heterocycles. The molecule has 11 aromatic rings. The number of aliphatic imine (C=N–C) groups is 1. The molecule has 0 aliphatic rings. The lowest BCUT2D eigenvalue weighted by atomic mass is 9.84. The molecule has 0 N–H and O–H groups in total. The summed E-state index contributed by atoms with van der Waals surface area (Å²) in [6.07, 6.45) is 0. The van der Waals surface area contributed by atoms with E-state index >= 15 is 0 Å². The molecule has 0 aliphatic heterocycles. The molecule has 0 fully saturated rings. The summed E-state index contributed by atoms with van der Waals surface area (Å²) in [5.41, 5.74) is 12.3. The third-order valence-electron chi connectivity index (χ3n) is 11.7. The van der Waals surface area contributed by atoms with Crippen molar-refractivity contribution >= 4 is 66.5 Å². The molecule has 3 nitrogen and oxygen atoms in total. The van der Waals surface area contributed by atoms with E-state index in [2.05, 4.69) is 192 Å². The largest absolute Gasteiger partial charge is 0.319 e. The first kappa shape index (κ1) is 33.7. The van der Waals surface area contributed by atoms with Gasteiger partial charge in [0.05, 0.1) is 16.7 Å². The average Bonchev–Trinajstić information content (AvgIpc) is 3.65. The van der Waals surface area contributed by atoms with Gasteiger partial charge in [-0.1, -0.05) is 152 Å². The summed E-state index contributed by atoms with van der Waals surface area (Å²) in [4.78, 5) is 9.45. The maximum Gasteiger partial charge on any atom is 0.143 e. The number of nitrogens with zero attached hydrogens (tertiary/aromatic N) is 3. The highest BCUT2D eigenvalue weighted by Gasteiger charge is 2.19. The molecule has 0 saturated heterocycles. The summed E-state index contributed by atoms with van der Waals surface area (Å²) in [6.45, 7) is 4.51. The molecule has 0 atom stereocenters. The van der Waals surface area contributed by atoms with Crippen molar-refractivity contribution in [1.29, 1.82) is 0 Å². The number of benzene rings is 10. The molecule has 272 valence electrons. The van der Waals surface area contributed by atoms with Crippen molar-refractivity contribution in [3.63, 3.8) is 0 Å². The smallest absolute Gasteiger partial charge is 0.143 e. The number of para-hydroxylation sites is 3.